The molecule has 2 saturated heterocycles. The van der Waals surface area contributed by atoms with Crippen molar-refractivity contribution in [1.29, 1.82) is 4.78 Å². The lowest BCUT2D eigenvalue weighted by atomic mass is 9.92. The molecule has 2 aliphatic heterocycles. The summed E-state index contributed by atoms with van der Waals surface area (Å²) in [6.45, 7) is 0.525. The summed E-state index contributed by atoms with van der Waals surface area (Å²) in [5.41, 5.74) is -0.563. The number of nitrogens with one attached hydrogen (secondary N) is 1. The van der Waals surface area contributed by atoms with Gasteiger partial charge < -0.3 is 9.32 Å². The molecule has 2 unspecified atom stereocenters. The minimum absolute atomic E-state index is 0.0202. The van der Waals surface area contributed by atoms with Crippen LogP contribution in [0.3, 0.4) is 0 Å². The molecular weight excluding hydrogens is 376 g/mol. The van der Waals surface area contributed by atoms with Crippen LogP contribution in [-0.2, 0) is 9.73 Å². The maximum atomic E-state index is 13.1. The maximum absolute atomic E-state index is 13.1. The van der Waals surface area contributed by atoms with Crippen molar-refractivity contribution >= 4 is 38.2 Å². The SMILES string of the molecule is N=S1(=O)CCCC2(CCCN2C(=O)c2cc(=O)c3cc(Cl)ccc3o2)C1. The molecule has 0 radical (unpaired) electrons. The zero-order valence-corrected chi connectivity index (χ0v) is 15.7. The van der Waals surface area contributed by atoms with Crippen molar-refractivity contribution in [2.75, 3.05) is 18.1 Å². The Morgan fingerprint density at radius 3 is 2.81 bits per heavy atom. The molecule has 1 spiro atoms. The van der Waals surface area contributed by atoms with Crippen LogP contribution < -0.4 is 5.43 Å². The van der Waals surface area contributed by atoms with Gasteiger partial charge in [0.2, 0.25) is 0 Å². The smallest absolute Gasteiger partial charge is 0.290 e. The summed E-state index contributed by atoms with van der Waals surface area (Å²) in [4.78, 5) is 27.2. The second kappa shape index (κ2) is 6.09. The van der Waals surface area contributed by atoms with Crippen LogP contribution in [0.5, 0.6) is 0 Å². The average molecular weight is 395 g/mol. The van der Waals surface area contributed by atoms with E-state index in [1.807, 2.05) is 0 Å². The normalized spacial score (nSPS) is 28.7. The summed E-state index contributed by atoms with van der Waals surface area (Å²) in [6.07, 6.45) is 2.95. The van der Waals surface area contributed by atoms with Crippen molar-refractivity contribution < 1.29 is 13.4 Å². The van der Waals surface area contributed by atoms with Crippen LogP contribution in [0.1, 0.15) is 36.2 Å². The molecule has 4 rings (SSSR count). The van der Waals surface area contributed by atoms with Crippen LogP contribution >= 0.6 is 11.6 Å². The van der Waals surface area contributed by atoms with Gasteiger partial charge in [0.25, 0.3) is 5.91 Å². The molecule has 2 aliphatic rings. The van der Waals surface area contributed by atoms with E-state index in [-0.39, 0.29) is 22.8 Å². The summed E-state index contributed by atoms with van der Waals surface area (Å²) in [6, 6.07) is 5.90. The van der Waals surface area contributed by atoms with Crippen LogP contribution in [0.25, 0.3) is 11.0 Å². The third kappa shape index (κ3) is 2.93. The standard InChI is InChI=1S/C18H19ClN2O4S/c19-12-3-4-15-13(9-12)14(22)10-16(25-15)17(23)21-7-1-5-18(21)6-2-8-26(20,24)11-18/h3-4,9-10,20H,1-2,5-8,11H2. The average Bonchev–Trinajstić information content (AvgIpc) is 2.96. The number of nitrogens with zero attached hydrogens (tertiary/aromatic N) is 1. The van der Waals surface area contributed by atoms with E-state index in [1.54, 1.807) is 17.0 Å². The summed E-state index contributed by atoms with van der Waals surface area (Å²) >= 11 is 5.92. The second-order valence-corrected chi connectivity index (χ2v) is 9.92. The molecule has 1 N–H and O–H groups in total. The highest BCUT2D eigenvalue weighted by Gasteiger charge is 2.48. The van der Waals surface area contributed by atoms with Gasteiger partial charge in [-0.05, 0) is 43.9 Å². The number of carbonyl (C=O) groups is 1. The number of hydrogen-bond acceptors (Lipinski definition) is 5. The van der Waals surface area contributed by atoms with Gasteiger partial charge in [-0.15, -0.1) is 0 Å². The fourth-order valence-electron chi connectivity index (χ4n) is 4.24. The topological polar surface area (TPSA) is 91.4 Å². The molecule has 2 aromatic rings. The Bertz CT molecular complexity index is 1060. The molecule has 2 fully saturated rings. The molecule has 0 saturated carbocycles. The van der Waals surface area contributed by atoms with E-state index in [2.05, 4.69) is 0 Å². The van der Waals surface area contributed by atoms with Crippen LogP contribution in [0.2, 0.25) is 5.02 Å². The van der Waals surface area contributed by atoms with E-state index in [1.165, 1.54) is 12.1 Å². The van der Waals surface area contributed by atoms with Gasteiger partial charge in [-0.1, -0.05) is 11.6 Å². The highest BCUT2D eigenvalue weighted by atomic mass is 35.5. The lowest BCUT2D eigenvalue weighted by molar-refractivity contribution is 0.0576. The Morgan fingerprint density at radius 1 is 1.27 bits per heavy atom. The van der Waals surface area contributed by atoms with Crippen molar-refractivity contribution in [2.24, 2.45) is 0 Å². The van der Waals surface area contributed by atoms with E-state index in [4.69, 9.17) is 20.8 Å². The first kappa shape index (κ1) is 17.5. The number of fused-ring (bicyclic) bond motifs is 1. The molecule has 1 aromatic carbocycles. The number of halogens is 1. The Kier molecular flexibility index (Phi) is 4.11. The largest absolute Gasteiger partial charge is 0.451 e. The minimum Gasteiger partial charge on any atom is -0.451 e. The van der Waals surface area contributed by atoms with Gasteiger partial charge in [0.15, 0.2) is 11.2 Å². The Balaban J connectivity index is 1.74. The van der Waals surface area contributed by atoms with Crippen LogP contribution in [0, 0.1) is 4.78 Å². The molecule has 138 valence electrons. The van der Waals surface area contributed by atoms with E-state index in [0.717, 1.165) is 19.3 Å². The first-order valence-electron chi connectivity index (χ1n) is 8.59. The van der Waals surface area contributed by atoms with Gasteiger partial charge in [-0.2, -0.15) is 0 Å². The zero-order valence-electron chi connectivity index (χ0n) is 14.1. The molecular formula is C18H19ClN2O4S. The van der Waals surface area contributed by atoms with E-state index in [9.17, 15) is 13.8 Å². The van der Waals surface area contributed by atoms with Gasteiger partial charge >= 0.3 is 0 Å². The number of benzene rings is 1. The van der Waals surface area contributed by atoms with E-state index < -0.39 is 15.3 Å². The van der Waals surface area contributed by atoms with Crippen LogP contribution in [0.4, 0.5) is 0 Å². The summed E-state index contributed by atoms with van der Waals surface area (Å²) in [5, 5.41) is 0.756. The highest BCUT2D eigenvalue weighted by molar-refractivity contribution is 7.92. The number of rotatable bonds is 1. The fourth-order valence-corrected chi connectivity index (χ4v) is 6.48. The summed E-state index contributed by atoms with van der Waals surface area (Å²) < 4.78 is 26.1. The first-order chi connectivity index (χ1) is 12.3. The predicted molar refractivity (Wildman–Crippen MR) is 100 cm³/mol. The Morgan fingerprint density at radius 2 is 2.04 bits per heavy atom. The third-order valence-corrected chi connectivity index (χ3v) is 7.55. The van der Waals surface area contributed by atoms with Crippen molar-refractivity contribution in [3.8, 4) is 0 Å². The molecule has 3 heterocycles. The molecule has 0 bridgehead atoms. The molecule has 2 atom stereocenters. The zero-order chi connectivity index (χ0) is 18.5. The van der Waals surface area contributed by atoms with Gasteiger partial charge in [0.05, 0.1) is 16.7 Å². The molecule has 26 heavy (non-hydrogen) atoms. The quantitative estimate of drug-likeness (QED) is 0.803. The molecule has 0 aliphatic carbocycles. The molecule has 8 heteroatoms. The van der Waals surface area contributed by atoms with Crippen LogP contribution in [0.15, 0.2) is 33.5 Å². The summed E-state index contributed by atoms with van der Waals surface area (Å²) in [5.74, 6) is 0.212. The van der Waals surface area contributed by atoms with Crippen LogP contribution in [-0.4, -0.2) is 38.6 Å². The molecule has 6 nitrogen and oxygen atoms in total. The maximum Gasteiger partial charge on any atom is 0.290 e. The summed E-state index contributed by atoms with van der Waals surface area (Å²) in [7, 11) is -2.67. The van der Waals surface area contributed by atoms with Gasteiger partial charge in [-0.25, -0.2) is 4.21 Å². The fraction of sp³-hybridized carbons (Fsp3) is 0.444. The van der Waals surface area contributed by atoms with Crippen molar-refractivity contribution in [1.82, 2.24) is 4.90 Å². The number of amides is 1. The number of hydrogen-bond donors (Lipinski definition) is 1. The van der Waals surface area contributed by atoms with E-state index >= 15 is 0 Å². The second-order valence-electron chi connectivity index (χ2n) is 7.16. The van der Waals surface area contributed by atoms with Gasteiger partial charge in [0.1, 0.15) is 5.58 Å². The predicted octanol–water partition coefficient (Wildman–Crippen LogP) is 3.26. The van der Waals surface area contributed by atoms with E-state index in [0.29, 0.717) is 34.7 Å². The third-order valence-electron chi connectivity index (χ3n) is 5.36. The van der Waals surface area contributed by atoms with Crippen molar-refractivity contribution in [3.63, 3.8) is 0 Å². The van der Waals surface area contributed by atoms with Gasteiger partial charge in [0, 0.05) is 33.1 Å². The Hall–Kier alpha value is -1.86. The number of carbonyl (C=O) groups excluding carboxylic acids is 1. The highest BCUT2D eigenvalue weighted by Crippen LogP contribution is 2.39. The Labute approximate surface area is 156 Å². The van der Waals surface area contributed by atoms with Gasteiger partial charge in [-0.3, -0.25) is 14.4 Å². The lowest BCUT2D eigenvalue weighted by Gasteiger charge is -2.41. The van der Waals surface area contributed by atoms with Crippen molar-refractivity contribution in [3.05, 3.63) is 45.3 Å². The number of likely N-dealkylation sites (tertiary alicyclic amines) is 1. The molecule has 1 aromatic heterocycles. The first-order valence-corrected chi connectivity index (χ1v) is 10.9. The van der Waals surface area contributed by atoms with Crippen molar-refractivity contribution in [2.45, 2.75) is 31.2 Å². The molecule has 1 amide bonds. The monoisotopic (exact) mass is 394 g/mol. The minimum atomic E-state index is -2.67. The lowest BCUT2D eigenvalue weighted by Crippen LogP contribution is -2.54.